The lowest BCUT2D eigenvalue weighted by atomic mass is 9.97. The molecule has 8 bridgehead atoms. The van der Waals surface area contributed by atoms with E-state index in [-0.39, 0.29) is 0 Å². The molecule has 0 saturated carbocycles. The van der Waals surface area contributed by atoms with Gasteiger partial charge >= 0.3 is 0 Å². The molecule has 2 aliphatic heterocycles. The first-order valence-electron chi connectivity index (χ1n) is 22.0. The zero-order valence-electron chi connectivity index (χ0n) is 35.6. The molecule has 12 rings (SSSR count). The molecule has 66 heavy (non-hydrogen) atoms. The molecule has 0 saturated heterocycles. The molecule has 7 heteroatoms. The molecular formula is C59H39N7. The van der Waals surface area contributed by atoms with Crippen molar-refractivity contribution in [2.24, 2.45) is 0 Å². The van der Waals surface area contributed by atoms with Gasteiger partial charge < -0.3 is 9.97 Å². The Balaban J connectivity index is 1.29. The van der Waals surface area contributed by atoms with Gasteiger partial charge in [-0.3, -0.25) is 9.97 Å². The molecule has 4 aromatic carbocycles. The van der Waals surface area contributed by atoms with Crippen molar-refractivity contribution in [3.05, 3.63) is 223 Å². The van der Waals surface area contributed by atoms with Crippen LogP contribution in [0.3, 0.4) is 0 Å². The highest BCUT2D eigenvalue weighted by Gasteiger charge is 2.22. The van der Waals surface area contributed by atoms with E-state index < -0.39 is 0 Å². The van der Waals surface area contributed by atoms with Gasteiger partial charge in [0.1, 0.15) is 0 Å². The number of benzene rings is 4. The lowest BCUT2D eigenvalue weighted by Crippen LogP contribution is -1.94. The monoisotopic (exact) mass is 845 g/mol. The normalized spacial score (nSPS) is 11.8. The van der Waals surface area contributed by atoms with Gasteiger partial charge in [-0.25, -0.2) is 15.0 Å². The number of nitrogens with one attached hydrogen (secondary N) is 2. The van der Waals surface area contributed by atoms with E-state index in [0.29, 0.717) is 0 Å². The van der Waals surface area contributed by atoms with E-state index in [0.717, 1.165) is 123 Å². The Morgan fingerprint density at radius 3 is 1.11 bits per heavy atom. The predicted molar refractivity (Wildman–Crippen MR) is 270 cm³/mol. The van der Waals surface area contributed by atoms with Crippen molar-refractivity contribution in [1.29, 1.82) is 0 Å². The van der Waals surface area contributed by atoms with Crippen LogP contribution in [0.1, 0.15) is 22.8 Å². The molecule has 6 aromatic heterocycles. The number of aromatic nitrogens is 7. The van der Waals surface area contributed by atoms with E-state index in [9.17, 15) is 0 Å². The number of H-pyrrole nitrogens is 2. The third-order valence-electron chi connectivity index (χ3n) is 12.1. The van der Waals surface area contributed by atoms with Crippen molar-refractivity contribution in [2.45, 2.75) is 0 Å². The first kappa shape index (κ1) is 38.6. The lowest BCUT2D eigenvalue weighted by Gasteiger charge is -2.10. The molecule has 8 heterocycles. The summed E-state index contributed by atoms with van der Waals surface area (Å²) in [5.41, 5.74) is 20.1. The predicted octanol–water partition coefficient (Wildman–Crippen LogP) is 14.5. The third-order valence-corrected chi connectivity index (χ3v) is 12.1. The van der Waals surface area contributed by atoms with Crippen LogP contribution >= 0.6 is 0 Å². The van der Waals surface area contributed by atoms with Crippen molar-refractivity contribution in [3.8, 4) is 78.4 Å². The minimum absolute atomic E-state index is 0.738. The minimum atomic E-state index is 0.738. The van der Waals surface area contributed by atoms with E-state index >= 15 is 0 Å². The summed E-state index contributed by atoms with van der Waals surface area (Å²) in [6.07, 6.45) is 12.2. The van der Waals surface area contributed by atoms with Crippen LogP contribution < -0.4 is 0 Å². The summed E-state index contributed by atoms with van der Waals surface area (Å²) in [6.45, 7) is 0. The zero-order chi connectivity index (χ0) is 43.8. The van der Waals surface area contributed by atoms with Gasteiger partial charge in [-0.2, -0.15) is 0 Å². The second-order valence-corrected chi connectivity index (χ2v) is 16.2. The van der Waals surface area contributed by atoms with Crippen molar-refractivity contribution in [3.63, 3.8) is 0 Å². The summed E-state index contributed by atoms with van der Waals surface area (Å²) in [6, 6.07) is 64.7. The van der Waals surface area contributed by atoms with E-state index in [4.69, 9.17) is 24.9 Å². The molecule has 7 nitrogen and oxygen atoms in total. The van der Waals surface area contributed by atoms with Crippen molar-refractivity contribution < 1.29 is 0 Å². The topological polar surface area (TPSA) is 96.0 Å². The Hall–Kier alpha value is -9.07. The molecule has 0 aliphatic carbocycles. The molecule has 2 N–H and O–H groups in total. The summed E-state index contributed by atoms with van der Waals surface area (Å²) in [7, 11) is 0. The highest BCUT2D eigenvalue weighted by molar-refractivity contribution is 6.04. The van der Waals surface area contributed by atoms with E-state index in [1.807, 2.05) is 48.5 Å². The van der Waals surface area contributed by atoms with E-state index in [2.05, 4.69) is 174 Å². The van der Waals surface area contributed by atoms with Crippen LogP contribution in [0.2, 0.25) is 0 Å². The van der Waals surface area contributed by atoms with Gasteiger partial charge in [-0.05, 0) is 107 Å². The zero-order valence-corrected chi connectivity index (χ0v) is 35.6. The van der Waals surface area contributed by atoms with Crippen LogP contribution in [0, 0.1) is 0 Å². The summed E-state index contributed by atoms with van der Waals surface area (Å²) >= 11 is 0. The molecular weight excluding hydrogens is 807 g/mol. The SMILES string of the molecule is C1=Cc2nc1c(-c1ccccc1)c1ccc([nH]1)c(-c1ccccc1)c1nc(c(-c3ccccc3)c3[nH]c(cc3-c3cc(-c4ccccn4)nc(-c4ccccn4)c3)c2-c2ccccc2)C=C1. The summed E-state index contributed by atoms with van der Waals surface area (Å²) in [4.78, 5) is 33.7. The van der Waals surface area contributed by atoms with Gasteiger partial charge in [0.15, 0.2) is 0 Å². The Kier molecular flexibility index (Phi) is 9.69. The van der Waals surface area contributed by atoms with Crippen molar-refractivity contribution in [2.75, 3.05) is 0 Å². The molecule has 10 aromatic rings. The summed E-state index contributed by atoms with van der Waals surface area (Å²) in [5.74, 6) is 0. The summed E-state index contributed by atoms with van der Waals surface area (Å²) in [5, 5.41) is 0. The van der Waals surface area contributed by atoms with Crippen LogP contribution in [0.4, 0.5) is 0 Å². The van der Waals surface area contributed by atoms with Crippen LogP contribution in [0.15, 0.2) is 200 Å². The maximum absolute atomic E-state index is 5.58. The molecule has 0 radical (unpaired) electrons. The fraction of sp³-hybridized carbons (Fsp3) is 0. The Morgan fingerprint density at radius 2 is 0.682 bits per heavy atom. The quantitative estimate of drug-likeness (QED) is 0.167. The van der Waals surface area contributed by atoms with E-state index in [1.54, 1.807) is 12.4 Å². The summed E-state index contributed by atoms with van der Waals surface area (Å²) < 4.78 is 0. The number of hydrogen-bond acceptors (Lipinski definition) is 5. The molecule has 2 aliphatic rings. The second-order valence-electron chi connectivity index (χ2n) is 16.2. The average molecular weight is 846 g/mol. The van der Waals surface area contributed by atoms with Crippen LogP contribution in [-0.2, 0) is 0 Å². The van der Waals surface area contributed by atoms with Crippen LogP contribution in [0.25, 0.3) is 125 Å². The Morgan fingerprint density at radius 1 is 0.288 bits per heavy atom. The fourth-order valence-electron chi connectivity index (χ4n) is 9.12. The van der Waals surface area contributed by atoms with Gasteiger partial charge in [0.2, 0.25) is 0 Å². The molecule has 0 spiro atoms. The van der Waals surface area contributed by atoms with Crippen LogP contribution in [0.5, 0.6) is 0 Å². The number of pyridine rings is 3. The minimum Gasteiger partial charge on any atom is -0.354 e. The first-order chi connectivity index (χ1) is 32.7. The van der Waals surface area contributed by atoms with Gasteiger partial charge in [-0.1, -0.05) is 133 Å². The number of rotatable bonds is 7. The standard InChI is InChI=1S/C59H39N7/c1-5-17-38(18-6-1)55-46-27-28-47(62-46)56(39-19-7-2-8-20-39)49-31-32-51(64-49)58(41-23-11-4-12-24-41)59-43(37-54(66-59)57(40-21-9-3-10-22-40)50-30-29-48(55)63-50)42-35-52(44-25-13-15-33-60-44)65-53(36-42)45-26-14-16-34-61-45/h1-37,62,66H. The maximum atomic E-state index is 5.58. The van der Waals surface area contributed by atoms with Crippen molar-refractivity contribution in [1.82, 2.24) is 34.9 Å². The van der Waals surface area contributed by atoms with Gasteiger partial charge in [0, 0.05) is 56.8 Å². The van der Waals surface area contributed by atoms with Gasteiger partial charge in [-0.15, -0.1) is 0 Å². The number of aromatic amines is 2. The second kappa shape index (κ2) is 16.6. The van der Waals surface area contributed by atoms with Gasteiger partial charge in [0.05, 0.1) is 51.1 Å². The highest BCUT2D eigenvalue weighted by Crippen LogP contribution is 2.42. The van der Waals surface area contributed by atoms with E-state index in [1.165, 1.54) is 0 Å². The lowest BCUT2D eigenvalue weighted by molar-refractivity contribution is 1.22. The highest BCUT2D eigenvalue weighted by atomic mass is 14.8. The largest absolute Gasteiger partial charge is 0.354 e. The number of fused-ring (bicyclic) bond motifs is 8. The Labute approximate surface area is 381 Å². The average Bonchev–Trinajstić information content (AvgIpc) is 4.24. The first-order valence-corrected chi connectivity index (χ1v) is 22.0. The molecule has 0 fully saturated rings. The Bertz CT molecular complexity index is 3600. The molecule has 0 amide bonds. The van der Waals surface area contributed by atoms with Crippen molar-refractivity contribution >= 4 is 46.4 Å². The smallest absolute Gasteiger partial charge is 0.0900 e. The van der Waals surface area contributed by atoms with Crippen LogP contribution in [-0.4, -0.2) is 34.9 Å². The number of hydrogen-bond donors (Lipinski definition) is 2. The molecule has 310 valence electrons. The molecule has 0 unspecified atom stereocenters. The number of nitrogens with zero attached hydrogens (tertiary/aromatic N) is 5. The maximum Gasteiger partial charge on any atom is 0.0900 e. The third kappa shape index (κ3) is 7.11. The van der Waals surface area contributed by atoms with Gasteiger partial charge in [0.25, 0.3) is 0 Å². The molecule has 0 atom stereocenters. The fourth-order valence-corrected chi connectivity index (χ4v) is 9.12.